The second-order valence-electron chi connectivity index (χ2n) is 6.13. The number of benzene rings is 1. The zero-order chi connectivity index (χ0) is 18.2. The van der Waals surface area contributed by atoms with Crippen molar-refractivity contribution in [1.82, 2.24) is 10.3 Å². The van der Waals surface area contributed by atoms with Crippen LogP contribution in [0.1, 0.15) is 25.0 Å². The van der Waals surface area contributed by atoms with Gasteiger partial charge in [0, 0.05) is 24.2 Å². The number of ether oxygens (including phenoxy) is 2. The number of rotatable bonds is 8. The van der Waals surface area contributed by atoms with Gasteiger partial charge in [-0.3, -0.25) is 0 Å². The van der Waals surface area contributed by atoms with Gasteiger partial charge in [-0.2, -0.15) is 0 Å². The first-order valence-electron chi connectivity index (χ1n) is 8.78. The zero-order valence-corrected chi connectivity index (χ0v) is 15.4. The molecule has 26 heavy (non-hydrogen) atoms. The van der Waals surface area contributed by atoms with E-state index in [0.717, 1.165) is 49.4 Å². The highest BCUT2D eigenvalue weighted by molar-refractivity contribution is 7.13. The standard InChI is InChI=1S/C18H24N4O3S/c19-17-21-14(12-26-17)3-1-9-20-18(23)22-13-5-7-15(8-6-13)25-11-16-4-2-10-24-16/h5-8,12,16H,1-4,9-11H2,(H2,19,21)(H2,20,22,23)/t16-/m1/s1. The Hall–Kier alpha value is -2.32. The van der Waals surface area contributed by atoms with Crippen LogP contribution >= 0.6 is 11.3 Å². The number of aryl methyl sites for hydroxylation is 1. The maximum Gasteiger partial charge on any atom is 0.319 e. The first-order valence-corrected chi connectivity index (χ1v) is 9.66. The van der Waals surface area contributed by atoms with Crippen molar-refractivity contribution in [1.29, 1.82) is 0 Å². The van der Waals surface area contributed by atoms with E-state index in [4.69, 9.17) is 15.2 Å². The molecular weight excluding hydrogens is 352 g/mol. The Morgan fingerprint density at radius 1 is 1.38 bits per heavy atom. The van der Waals surface area contributed by atoms with Crippen molar-refractivity contribution >= 4 is 28.2 Å². The van der Waals surface area contributed by atoms with Gasteiger partial charge in [-0.05, 0) is 49.9 Å². The molecule has 2 heterocycles. The topological polar surface area (TPSA) is 98.5 Å². The molecule has 1 aliphatic heterocycles. The predicted octanol–water partition coefficient (Wildman–Crippen LogP) is 3.04. The van der Waals surface area contributed by atoms with E-state index in [0.29, 0.717) is 18.3 Å². The largest absolute Gasteiger partial charge is 0.491 e. The minimum atomic E-state index is -0.226. The summed E-state index contributed by atoms with van der Waals surface area (Å²) >= 11 is 1.43. The van der Waals surface area contributed by atoms with Crippen LogP contribution in [0.15, 0.2) is 29.6 Å². The summed E-state index contributed by atoms with van der Waals surface area (Å²) in [5, 5.41) is 8.16. The van der Waals surface area contributed by atoms with Crippen molar-refractivity contribution < 1.29 is 14.3 Å². The molecular formula is C18H24N4O3S. The van der Waals surface area contributed by atoms with Crippen molar-refractivity contribution in [2.24, 2.45) is 0 Å². The normalized spacial score (nSPS) is 16.4. The number of anilines is 2. The van der Waals surface area contributed by atoms with E-state index in [1.807, 2.05) is 29.6 Å². The second kappa shape index (κ2) is 9.40. The predicted molar refractivity (Wildman–Crippen MR) is 103 cm³/mol. The Bertz CT molecular complexity index is 699. The third-order valence-electron chi connectivity index (χ3n) is 4.04. The van der Waals surface area contributed by atoms with E-state index in [-0.39, 0.29) is 12.1 Å². The number of urea groups is 1. The quantitative estimate of drug-likeness (QED) is 0.615. The van der Waals surface area contributed by atoms with Crippen LogP contribution in [0.4, 0.5) is 15.6 Å². The zero-order valence-electron chi connectivity index (χ0n) is 14.6. The molecule has 2 amide bonds. The maximum atomic E-state index is 11.9. The lowest BCUT2D eigenvalue weighted by Crippen LogP contribution is -2.29. The first kappa shape index (κ1) is 18.5. The molecule has 7 nitrogen and oxygen atoms in total. The summed E-state index contributed by atoms with van der Waals surface area (Å²) in [7, 11) is 0. The highest BCUT2D eigenvalue weighted by Gasteiger charge is 2.15. The Labute approximate surface area is 156 Å². The van der Waals surface area contributed by atoms with Gasteiger partial charge in [0.05, 0.1) is 11.8 Å². The number of hydrogen-bond donors (Lipinski definition) is 3. The number of aromatic nitrogens is 1. The molecule has 0 spiro atoms. The molecule has 1 aliphatic rings. The molecule has 8 heteroatoms. The lowest BCUT2D eigenvalue weighted by Gasteiger charge is -2.12. The molecule has 1 aromatic heterocycles. The number of hydrogen-bond acceptors (Lipinski definition) is 6. The fraction of sp³-hybridized carbons (Fsp3) is 0.444. The molecule has 2 aromatic rings. The molecule has 0 radical (unpaired) electrons. The Balaban J connectivity index is 1.33. The monoisotopic (exact) mass is 376 g/mol. The van der Waals surface area contributed by atoms with Gasteiger partial charge in [-0.1, -0.05) is 0 Å². The van der Waals surface area contributed by atoms with Crippen LogP contribution in [0.3, 0.4) is 0 Å². The van der Waals surface area contributed by atoms with Gasteiger partial charge in [0.1, 0.15) is 12.4 Å². The van der Waals surface area contributed by atoms with E-state index in [1.54, 1.807) is 0 Å². The van der Waals surface area contributed by atoms with Crippen LogP contribution in [0.2, 0.25) is 0 Å². The molecule has 0 saturated carbocycles. The Morgan fingerprint density at radius 2 is 2.23 bits per heavy atom. The van der Waals surface area contributed by atoms with Crippen LogP contribution in [0.5, 0.6) is 5.75 Å². The molecule has 4 N–H and O–H groups in total. The van der Waals surface area contributed by atoms with Crippen LogP contribution in [0, 0.1) is 0 Å². The maximum absolute atomic E-state index is 11.9. The average molecular weight is 376 g/mol. The van der Waals surface area contributed by atoms with E-state index in [1.165, 1.54) is 11.3 Å². The van der Waals surface area contributed by atoms with Crippen LogP contribution in [-0.2, 0) is 11.2 Å². The lowest BCUT2D eigenvalue weighted by atomic mass is 10.2. The van der Waals surface area contributed by atoms with Crippen molar-refractivity contribution in [3.63, 3.8) is 0 Å². The number of nitrogens with zero attached hydrogens (tertiary/aromatic N) is 1. The smallest absolute Gasteiger partial charge is 0.319 e. The molecule has 1 atom stereocenters. The fourth-order valence-corrected chi connectivity index (χ4v) is 3.28. The number of thiazole rings is 1. The van der Waals surface area contributed by atoms with Crippen LogP contribution < -0.4 is 21.1 Å². The number of carbonyl (C=O) groups is 1. The number of nitrogens with one attached hydrogen (secondary N) is 2. The third-order valence-corrected chi connectivity index (χ3v) is 4.76. The summed E-state index contributed by atoms with van der Waals surface area (Å²) in [6.45, 7) is 1.97. The minimum Gasteiger partial charge on any atom is -0.491 e. The summed E-state index contributed by atoms with van der Waals surface area (Å²) < 4.78 is 11.2. The van der Waals surface area contributed by atoms with Crippen molar-refractivity contribution in [2.45, 2.75) is 31.8 Å². The van der Waals surface area contributed by atoms with Crippen molar-refractivity contribution in [2.75, 3.05) is 30.8 Å². The number of nitrogens with two attached hydrogens (primary N) is 1. The molecule has 3 rings (SSSR count). The summed E-state index contributed by atoms with van der Waals surface area (Å²) in [6, 6.07) is 7.11. The van der Waals surface area contributed by atoms with E-state index < -0.39 is 0 Å². The number of carbonyl (C=O) groups excluding carboxylic acids is 1. The Kier molecular flexibility index (Phi) is 6.68. The highest BCUT2D eigenvalue weighted by atomic mass is 32.1. The van der Waals surface area contributed by atoms with E-state index in [2.05, 4.69) is 15.6 Å². The molecule has 140 valence electrons. The number of amides is 2. The second-order valence-corrected chi connectivity index (χ2v) is 7.02. The molecule has 0 bridgehead atoms. The summed E-state index contributed by atoms with van der Waals surface area (Å²) in [5.74, 6) is 0.772. The molecule has 0 unspecified atom stereocenters. The fourth-order valence-electron chi connectivity index (χ4n) is 2.68. The molecule has 1 aromatic carbocycles. The van der Waals surface area contributed by atoms with Crippen molar-refractivity contribution in [3.05, 3.63) is 35.3 Å². The van der Waals surface area contributed by atoms with Gasteiger partial charge in [-0.15, -0.1) is 11.3 Å². The van der Waals surface area contributed by atoms with E-state index in [9.17, 15) is 4.79 Å². The van der Waals surface area contributed by atoms with Gasteiger partial charge in [0.2, 0.25) is 0 Å². The number of nitrogen functional groups attached to an aromatic ring is 1. The van der Waals surface area contributed by atoms with Crippen LogP contribution in [0.25, 0.3) is 0 Å². The van der Waals surface area contributed by atoms with Gasteiger partial charge >= 0.3 is 6.03 Å². The van der Waals surface area contributed by atoms with Crippen LogP contribution in [-0.4, -0.2) is 36.9 Å². The summed E-state index contributed by atoms with van der Waals surface area (Å²) in [6.07, 6.45) is 3.95. The average Bonchev–Trinajstić information content (AvgIpc) is 3.30. The van der Waals surface area contributed by atoms with Gasteiger partial charge in [0.25, 0.3) is 0 Å². The molecule has 1 fully saturated rings. The van der Waals surface area contributed by atoms with Crippen molar-refractivity contribution in [3.8, 4) is 5.75 Å². The molecule has 0 aliphatic carbocycles. The third kappa shape index (κ3) is 5.89. The molecule has 1 saturated heterocycles. The SMILES string of the molecule is Nc1nc(CCCNC(=O)Nc2ccc(OC[C@H]3CCCO3)cc2)cs1. The highest BCUT2D eigenvalue weighted by Crippen LogP contribution is 2.18. The van der Waals surface area contributed by atoms with Gasteiger partial charge in [-0.25, -0.2) is 9.78 Å². The van der Waals surface area contributed by atoms with Gasteiger partial charge < -0.3 is 25.8 Å². The summed E-state index contributed by atoms with van der Waals surface area (Å²) in [4.78, 5) is 16.1. The Morgan fingerprint density at radius 3 is 2.92 bits per heavy atom. The summed E-state index contributed by atoms with van der Waals surface area (Å²) in [5.41, 5.74) is 7.28. The van der Waals surface area contributed by atoms with E-state index >= 15 is 0 Å². The lowest BCUT2D eigenvalue weighted by molar-refractivity contribution is 0.0679. The first-order chi connectivity index (χ1) is 12.7. The minimum absolute atomic E-state index is 0.194. The van der Waals surface area contributed by atoms with Gasteiger partial charge in [0.15, 0.2) is 5.13 Å².